The zero-order valence-corrected chi connectivity index (χ0v) is 13.9. The van der Waals surface area contributed by atoms with Crippen LogP contribution in [0.25, 0.3) is 0 Å². The molecule has 2 N–H and O–H groups in total. The number of carbonyl (C=O) groups excluding carboxylic acids is 1. The first-order valence-corrected chi connectivity index (χ1v) is 7.44. The van der Waals surface area contributed by atoms with Gasteiger partial charge in [0.05, 0.1) is 23.1 Å². The largest absolute Gasteiger partial charge is 0.444 e. The Hall–Kier alpha value is -2.77. The number of amides is 1. The van der Waals surface area contributed by atoms with E-state index in [1.165, 1.54) is 36.5 Å². The summed E-state index contributed by atoms with van der Waals surface area (Å²) in [6.07, 6.45) is -3.79. The van der Waals surface area contributed by atoms with Crippen LogP contribution in [0.3, 0.4) is 0 Å². The molecule has 0 radical (unpaired) electrons. The standard InChI is InChI=1S/C17H18F3N3O2/c1-16(2,3)25-15(24)22-11-8-9-14(21-10-11)23-13-7-5-4-6-12(13)17(18,19)20/h4-10H,1-3H3,(H,21,23)(H,22,24). The number of nitrogens with zero attached hydrogens (tertiary/aromatic N) is 1. The summed E-state index contributed by atoms with van der Waals surface area (Å²) in [6, 6.07) is 8.08. The predicted octanol–water partition coefficient (Wildman–Crippen LogP) is 5.19. The number of aromatic nitrogens is 1. The summed E-state index contributed by atoms with van der Waals surface area (Å²) < 4.78 is 44.0. The number of anilines is 3. The molecule has 0 fully saturated rings. The zero-order chi connectivity index (χ0) is 18.7. The molecule has 0 aliphatic heterocycles. The molecule has 0 spiro atoms. The molecule has 0 saturated heterocycles. The number of pyridine rings is 1. The summed E-state index contributed by atoms with van der Waals surface area (Å²) in [4.78, 5) is 15.7. The van der Waals surface area contributed by atoms with Crippen LogP contribution in [0.4, 0.5) is 35.2 Å². The topological polar surface area (TPSA) is 63.2 Å². The summed E-state index contributed by atoms with van der Waals surface area (Å²) in [6.45, 7) is 5.20. The minimum Gasteiger partial charge on any atom is -0.444 e. The van der Waals surface area contributed by atoms with Gasteiger partial charge in [-0.3, -0.25) is 5.32 Å². The molecule has 1 aromatic carbocycles. The molecule has 0 aliphatic carbocycles. The van der Waals surface area contributed by atoms with Gasteiger partial charge < -0.3 is 10.1 Å². The van der Waals surface area contributed by atoms with Crippen molar-refractivity contribution in [3.63, 3.8) is 0 Å². The van der Waals surface area contributed by atoms with Crippen molar-refractivity contribution in [2.24, 2.45) is 0 Å². The van der Waals surface area contributed by atoms with Crippen molar-refractivity contribution in [1.29, 1.82) is 0 Å². The first kappa shape index (κ1) is 18.6. The van der Waals surface area contributed by atoms with E-state index < -0.39 is 23.4 Å². The van der Waals surface area contributed by atoms with E-state index in [1.54, 1.807) is 20.8 Å². The number of hydrogen-bond donors (Lipinski definition) is 2. The normalized spacial score (nSPS) is 11.8. The number of para-hydroxylation sites is 1. The van der Waals surface area contributed by atoms with Crippen molar-refractivity contribution in [1.82, 2.24) is 4.98 Å². The smallest absolute Gasteiger partial charge is 0.418 e. The van der Waals surface area contributed by atoms with Crippen LogP contribution < -0.4 is 10.6 Å². The van der Waals surface area contributed by atoms with Gasteiger partial charge in [0, 0.05) is 0 Å². The van der Waals surface area contributed by atoms with Gasteiger partial charge in [-0.1, -0.05) is 12.1 Å². The van der Waals surface area contributed by atoms with Crippen LogP contribution in [0.1, 0.15) is 26.3 Å². The maximum absolute atomic E-state index is 13.0. The van der Waals surface area contributed by atoms with E-state index >= 15 is 0 Å². The fourth-order valence-electron chi connectivity index (χ4n) is 1.94. The summed E-state index contributed by atoms with van der Waals surface area (Å²) >= 11 is 0. The second kappa shape index (κ2) is 7.00. The molecular formula is C17H18F3N3O2. The van der Waals surface area contributed by atoms with Gasteiger partial charge >= 0.3 is 12.3 Å². The minimum absolute atomic E-state index is 0.102. The summed E-state index contributed by atoms with van der Waals surface area (Å²) in [7, 11) is 0. The number of hydrogen-bond acceptors (Lipinski definition) is 4. The van der Waals surface area contributed by atoms with Crippen molar-refractivity contribution in [3.05, 3.63) is 48.2 Å². The highest BCUT2D eigenvalue weighted by Crippen LogP contribution is 2.35. The summed E-state index contributed by atoms with van der Waals surface area (Å²) in [5.74, 6) is 0.214. The van der Waals surface area contributed by atoms with Crippen LogP contribution in [-0.4, -0.2) is 16.7 Å². The van der Waals surface area contributed by atoms with Crippen molar-refractivity contribution in [2.75, 3.05) is 10.6 Å². The number of ether oxygens (including phenoxy) is 1. The van der Waals surface area contributed by atoms with Crippen LogP contribution in [0, 0.1) is 0 Å². The quantitative estimate of drug-likeness (QED) is 0.797. The Morgan fingerprint density at radius 3 is 2.32 bits per heavy atom. The van der Waals surface area contributed by atoms with E-state index in [0.29, 0.717) is 5.69 Å². The first-order valence-electron chi connectivity index (χ1n) is 7.44. The molecular weight excluding hydrogens is 335 g/mol. The predicted molar refractivity (Wildman–Crippen MR) is 88.8 cm³/mol. The van der Waals surface area contributed by atoms with Gasteiger partial charge in [-0.15, -0.1) is 0 Å². The van der Waals surface area contributed by atoms with Gasteiger partial charge in [-0.05, 0) is 45.0 Å². The number of nitrogens with one attached hydrogen (secondary N) is 2. The summed E-state index contributed by atoms with van der Waals surface area (Å²) in [5, 5.41) is 5.12. The third-order valence-corrected chi connectivity index (χ3v) is 2.90. The van der Waals surface area contributed by atoms with Crippen molar-refractivity contribution in [2.45, 2.75) is 32.5 Å². The lowest BCUT2D eigenvalue weighted by molar-refractivity contribution is -0.136. The molecule has 2 rings (SSSR count). The fourth-order valence-corrected chi connectivity index (χ4v) is 1.94. The molecule has 5 nitrogen and oxygen atoms in total. The van der Waals surface area contributed by atoms with Gasteiger partial charge in [0.2, 0.25) is 0 Å². The molecule has 1 amide bonds. The SMILES string of the molecule is CC(C)(C)OC(=O)Nc1ccc(Nc2ccccc2C(F)(F)F)nc1. The van der Waals surface area contributed by atoms with E-state index in [4.69, 9.17) is 4.74 Å². The Labute approximate surface area is 143 Å². The maximum Gasteiger partial charge on any atom is 0.418 e. The molecule has 0 bridgehead atoms. The van der Waals surface area contributed by atoms with Crippen LogP contribution in [-0.2, 0) is 10.9 Å². The highest BCUT2D eigenvalue weighted by molar-refractivity contribution is 5.84. The molecule has 0 aliphatic rings. The lowest BCUT2D eigenvalue weighted by Gasteiger charge is -2.19. The Balaban J connectivity index is 2.08. The van der Waals surface area contributed by atoms with Gasteiger partial charge in [0.1, 0.15) is 11.4 Å². The lowest BCUT2D eigenvalue weighted by Crippen LogP contribution is -2.27. The molecule has 0 atom stereocenters. The average Bonchev–Trinajstić information content (AvgIpc) is 2.47. The van der Waals surface area contributed by atoms with Crippen molar-refractivity contribution in [3.8, 4) is 0 Å². The second-order valence-electron chi connectivity index (χ2n) is 6.23. The van der Waals surface area contributed by atoms with Crippen LogP contribution in [0.2, 0.25) is 0 Å². The molecule has 134 valence electrons. The van der Waals surface area contributed by atoms with Crippen molar-refractivity contribution >= 4 is 23.3 Å². The maximum atomic E-state index is 13.0. The third-order valence-electron chi connectivity index (χ3n) is 2.90. The molecule has 8 heteroatoms. The molecule has 1 aromatic heterocycles. The number of benzene rings is 1. The molecule has 0 unspecified atom stereocenters. The van der Waals surface area contributed by atoms with Crippen LogP contribution >= 0.6 is 0 Å². The van der Waals surface area contributed by atoms with Crippen LogP contribution in [0.15, 0.2) is 42.6 Å². The fraction of sp³-hybridized carbons (Fsp3) is 0.294. The van der Waals surface area contributed by atoms with E-state index in [2.05, 4.69) is 15.6 Å². The first-order chi connectivity index (χ1) is 11.5. The van der Waals surface area contributed by atoms with Gasteiger partial charge in [0.25, 0.3) is 0 Å². The number of halogens is 3. The Morgan fingerprint density at radius 2 is 1.76 bits per heavy atom. The van der Waals surface area contributed by atoms with E-state index in [9.17, 15) is 18.0 Å². The molecule has 25 heavy (non-hydrogen) atoms. The minimum atomic E-state index is -4.47. The molecule has 1 heterocycles. The van der Waals surface area contributed by atoms with E-state index in [-0.39, 0.29) is 11.5 Å². The number of carbonyl (C=O) groups is 1. The average molecular weight is 353 g/mol. The number of rotatable bonds is 3. The second-order valence-corrected chi connectivity index (χ2v) is 6.23. The van der Waals surface area contributed by atoms with E-state index in [1.807, 2.05) is 0 Å². The molecule has 2 aromatic rings. The Bertz CT molecular complexity index is 738. The van der Waals surface area contributed by atoms with Gasteiger partial charge in [-0.2, -0.15) is 13.2 Å². The van der Waals surface area contributed by atoms with Gasteiger partial charge in [-0.25, -0.2) is 9.78 Å². The highest BCUT2D eigenvalue weighted by atomic mass is 19.4. The Morgan fingerprint density at radius 1 is 1.08 bits per heavy atom. The van der Waals surface area contributed by atoms with Gasteiger partial charge in [0.15, 0.2) is 0 Å². The monoisotopic (exact) mass is 353 g/mol. The number of alkyl halides is 3. The molecule has 0 saturated carbocycles. The Kier molecular flexibility index (Phi) is 5.20. The van der Waals surface area contributed by atoms with Crippen molar-refractivity contribution < 1.29 is 22.7 Å². The zero-order valence-electron chi connectivity index (χ0n) is 13.9. The van der Waals surface area contributed by atoms with Crippen LogP contribution in [0.5, 0.6) is 0 Å². The third kappa shape index (κ3) is 5.66. The highest BCUT2D eigenvalue weighted by Gasteiger charge is 2.33. The summed E-state index contributed by atoms with van der Waals surface area (Å²) in [5.41, 5.74) is -1.16. The van der Waals surface area contributed by atoms with E-state index in [0.717, 1.165) is 6.07 Å². The lowest BCUT2D eigenvalue weighted by atomic mass is 10.1.